The van der Waals surface area contributed by atoms with Crippen LogP contribution in [0.3, 0.4) is 0 Å². The Bertz CT molecular complexity index is 748. The molecule has 0 N–H and O–H groups in total. The van der Waals surface area contributed by atoms with Crippen molar-refractivity contribution in [3.8, 4) is 11.5 Å². The van der Waals surface area contributed by atoms with Crippen LogP contribution in [0.5, 0.6) is 11.5 Å². The molecule has 0 bridgehead atoms. The second-order valence-electron chi connectivity index (χ2n) is 6.48. The smallest absolute Gasteiger partial charge is 0.246 e. The predicted octanol–water partition coefficient (Wildman–Crippen LogP) is 2.85. The van der Waals surface area contributed by atoms with Gasteiger partial charge in [-0.25, -0.2) is 4.98 Å². The summed E-state index contributed by atoms with van der Waals surface area (Å²) in [7, 11) is 3.21. The van der Waals surface area contributed by atoms with E-state index in [0.717, 1.165) is 38.0 Å². The quantitative estimate of drug-likeness (QED) is 0.748. The van der Waals surface area contributed by atoms with Crippen LogP contribution < -0.4 is 9.47 Å². The van der Waals surface area contributed by atoms with Gasteiger partial charge in [0.2, 0.25) is 5.91 Å². The van der Waals surface area contributed by atoms with Gasteiger partial charge in [0.05, 0.1) is 20.5 Å². The molecule has 1 saturated heterocycles. The van der Waals surface area contributed by atoms with Crippen LogP contribution >= 0.6 is 0 Å². The number of hydrogen-bond acceptors (Lipinski definition) is 4. The molecule has 1 fully saturated rings. The van der Waals surface area contributed by atoms with Crippen molar-refractivity contribution in [2.75, 3.05) is 27.3 Å². The molecule has 6 nitrogen and oxygen atoms in total. The highest BCUT2D eigenvalue weighted by atomic mass is 16.5. The molecule has 0 saturated carbocycles. The third-order valence-corrected chi connectivity index (χ3v) is 4.78. The summed E-state index contributed by atoms with van der Waals surface area (Å²) < 4.78 is 12.6. The fourth-order valence-corrected chi connectivity index (χ4v) is 3.26. The predicted molar refractivity (Wildman–Crippen MR) is 100 cm³/mol. The fraction of sp³-hybridized carbons (Fsp3) is 0.400. The van der Waals surface area contributed by atoms with Crippen molar-refractivity contribution in [1.29, 1.82) is 0 Å². The van der Waals surface area contributed by atoms with Crippen molar-refractivity contribution in [3.05, 3.63) is 48.6 Å². The lowest BCUT2D eigenvalue weighted by Crippen LogP contribution is -2.38. The van der Waals surface area contributed by atoms with Crippen LogP contribution in [0.25, 0.3) is 6.08 Å². The third-order valence-electron chi connectivity index (χ3n) is 4.78. The van der Waals surface area contributed by atoms with Gasteiger partial charge in [-0.3, -0.25) is 4.79 Å². The van der Waals surface area contributed by atoms with Crippen molar-refractivity contribution >= 4 is 12.0 Å². The summed E-state index contributed by atoms with van der Waals surface area (Å²) in [5.41, 5.74) is 0.908. The number of likely N-dealkylation sites (tertiary alicyclic amines) is 1. The summed E-state index contributed by atoms with van der Waals surface area (Å²) in [5, 5.41) is 0. The van der Waals surface area contributed by atoms with Crippen LogP contribution in [0, 0.1) is 5.92 Å². The molecule has 1 aromatic heterocycles. The minimum Gasteiger partial charge on any atom is -0.493 e. The Morgan fingerprint density at radius 1 is 1.23 bits per heavy atom. The average Bonchev–Trinajstić information content (AvgIpc) is 3.19. The summed E-state index contributed by atoms with van der Waals surface area (Å²) in [6.07, 6.45) is 11.1. The van der Waals surface area contributed by atoms with E-state index in [1.807, 2.05) is 41.7 Å². The van der Waals surface area contributed by atoms with Gasteiger partial charge in [-0.15, -0.1) is 0 Å². The van der Waals surface area contributed by atoms with Crippen molar-refractivity contribution in [3.63, 3.8) is 0 Å². The number of carbonyl (C=O) groups is 1. The number of methoxy groups -OCH3 is 2. The second kappa shape index (κ2) is 8.56. The maximum Gasteiger partial charge on any atom is 0.246 e. The molecule has 1 aliphatic rings. The second-order valence-corrected chi connectivity index (χ2v) is 6.48. The van der Waals surface area contributed by atoms with Gasteiger partial charge in [-0.05, 0) is 42.5 Å². The Labute approximate surface area is 154 Å². The highest BCUT2D eigenvalue weighted by molar-refractivity contribution is 5.91. The summed E-state index contributed by atoms with van der Waals surface area (Å²) in [4.78, 5) is 18.4. The topological polar surface area (TPSA) is 56.6 Å². The number of hydrogen-bond donors (Lipinski definition) is 0. The number of ether oxygens (including phenoxy) is 2. The Hall–Kier alpha value is -2.76. The Kier molecular flexibility index (Phi) is 5.94. The molecule has 1 aromatic carbocycles. The molecule has 26 heavy (non-hydrogen) atoms. The number of amides is 1. The number of rotatable bonds is 6. The van der Waals surface area contributed by atoms with E-state index in [9.17, 15) is 4.79 Å². The van der Waals surface area contributed by atoms with Crippen LogP contribution in [0.4, 0.5) is 0 Å². The summed E-state index contributed by atoms with van der Waals surface area (Å²) in [6, 6.07) is 5.60. The first-order valence-electron chi connectivity index (χ1n) is 8.84. The highest BCUT2D eigenvalue weighted by Gasteiger charge is 2.21. The highest BCUT2D eigenvalue weighted by Crippen LogP contribution is 2.28. The average molecular weight is 355 g/mol. The van der Waals surface area contributed by atoms with E-state index in [1.54, 1.807) is 26.5 Å². The molecule has 138 valence electrons. The van der Waals surface area contributed by atoms with E-state index < -0.39 is 0 Å². The van der Waals surface area contributed by atoms with Gasteiger partial charge in [-0.1, -0.05) is 6.07 Å². The molecule has 0 aliphatic carbocycles. The number of nitrogens with zero attached hydrogens (tertiary/aromatic N) is 3. The molecular formula is C20H25N3O3. The fourth-order valence-electron chi connectivity index (χ4n) is 3.26. The minimum atomic E-state index is 0.0564. The number of aromatic nitrogens is 2. The Balaban J connectivity index is 1.53. The molecule has 3 rings (SSSR count). The maximum atomic E-state index is 12.4. The van der Waals surface area contributed by atoms with Gasteiger partial charge in [-0.2, -0.15) is 0 Å². The molecule has 1 amide bonds. The molecule has 0 spiro atoms. The molecule has 0 radical (unpaired) electrons. The largest absolute Gasteiger partial charge is 0.493 e. The van der Waals surface area contributed by atoms with Crippen molar-refractivity contribution in [2.24, 2.45) is 5.92 Å². The molecule has 0 unspecified atom stereocenters. The van der Waals surface area contributed by atoms with E-state index in [2.05, 4.69) is 9.55 Å². The van der Waals surface area contributed by atoms with Gasteiger partial charge in [0, 0.05) is 38.1 Å². The zero-order chi connectivity index (χ0) is 18.4. The number of carbonyl (C=O) groups excluding carboxylic acids is 1. The van der Waals surface area contributed by atoms with Gasteiger partial charge >= 0.3 is 0 Å². The molecular weight excluding hydrogens is 330 g/mol. The summed E-state index contributed by atoms with van der Waals surface area (Å²) in [5.74, 6) is 1.99. The van der Waals surface area contributed by atoms with E-state index in [4.69, 9.17) is 9.47 Å². The number of piperidine rings is 1. The van der Waals surface area contributed by atoms with E-state index in [1.165, 1.54) is 0 Å². The molecule has 0 atom stereocenters. The maximum absolute atomic E-state index is 12.4. The third kappa shape index (κ3) is 4.45. The number of benzene rings is 1. The van der Waals surface area contributed by atoms with Crippen molar-refractivity contribution < 1.29 is 14.3 Å². The lowest BCUT2D eigenvalue weighted by molar-refractivity contribution is -0.127. The normalized spacial score (nSPS) is 15.4. The summed E-state index contributed by atoms with van der Waals surface area (Å²) >= 11 is 0. The van der Waals surface area contributed by atoms with Gasteiger partial charge in [0.1, 0.15) is 0 Å². The zero-order valence-corrected chi connectivity index (χ0v) is 15.3. The molecule has 6 heteroatoms. The number of imidazole rings is 1. The van der Waals surface area contributed by atoms with Crippen molar-refractivity contribution in [1.82, 2.24) is 14.5 Å². The summed E-state index contributed by atoms with van der Waals surface area (Å²) in [6.45, 7) is 2.58. The minimum absolute atomic E-state index is 0.0564. The van der Waals surface area contributed by atoms with Crippen LogP contribution in [-0.4, -0.2) is 47.7 Å². The van der Waals surface area contributed by atoms with E-state index in [-0.39, 0.29) is 5.91 Å². The first-order valence-corrected chi connectivity index (χ1v) is 8.84. The molecule has 2 heterocycles. The SMILES string of the molecule is COc1ccc(/C=C/C(=O)N2CCC(Cn3ccnc3)CC2)cc1OC. The lowest BCUT2D eigenvalue weighted by atomic mass is 9.96. The van der Waals surface area contributed by atoms with Crippen LogP contribution in [0.2, 0.25) is 0 Å². The van der Waals surface area contributed by atoms with Gasteiger partial charge in [0.15, 0.2) is 11.5 Å². The van der Waals surface area contributed by atoms with E-state index in [0.29, 0.717) is 17.4 Å². The van der Waals surface area contributed by atoms with Gasteiger partial charge in [0.25, 0.3) is 0 Å². The van der Waals surface area contributed by atoms with Crippen LogP contribution in [-0.2, 0) is 11.3 Å². The first kappa shape index (κ1) is 18.0. The van der Waals surface area contributed by atoms with Crippen LogP contribution in [0.15, 0.2) is 43.0 Å². The lowest BCUT2D eigenvalue weighted by Gasteiger charge is -2.31. The Morgan fingerprint density at radius 3 is 2.65 bits per heavy atom. The standard InChI is InChI=1S/C20H25N3O3/c1-25-18-5-3-16(13-19(18)26-2)4-6-20(24)23-10-7-17(8-11-23)14-22-12-9-21-15-22/h3-6,9,12-13,15,17H,7-8,10-11,14H2,1-2H3/b6-4+. The van der Waals surface area contributed by atoms with Gasteiger partial charge < -0.3 is 18.9 Å². The van der Waals surface area contributed by atoms with E-state index >= 15 is 0 Å². The monoisotopic (exact) mass is 355 g/mol. The molecule has 1 aliphatic heterocycles. The first-order chi connectivity index (χ1) is 12.7. The Morgan fingerprint density at radius 2 is 2.00 bits per heavy atom. The van der Waals surface area contributed by atoms with Crippen molar-refractivity contribution in [2.45, 2.75) is 19.4 Å². The van der Waals surface area contributed by atoms with Crippen LogP contribution in [0.1, 0.15) is 18.4 Å². The molecule has 2 aromatic rings. The zero-order valence-electron chi connectivity index (χ0n) is 15.3.